The van der Waals surface area contributed by atoms with Gasteiger partial charge in [0.2, 0.25) is 0 Å². The molecular weight excluding hydrogens is 560 g/mol. The van der Waals surface area contributed by atoms with Crippen LogP contribution in [0.3, 0.4) is 0 Å². The second kappa shape index (κ2) is 20.5. The van der Waals surface area contributed by atoms with Gasteiger partial charge >= 0.3 is 0 Å². The first-order valence-electron chi connectivity index (χ1n) is 15.8. The van der Waals surface area contributed by atoms with Crippen LogP contribution in [0, 0.1) is 0 Å². The lowest BCUT2D eigenvalue weighted by molar-refractivity contribution is -0.119. The molecule has 0 aliphatic carbocycles. The molecule has 0 saturated heterocycles. The van der Waals surface area contributed by atoms with E-state index in [0.29, 0.717) is 0 Å². The Bertz CT molecular complexity index is 1160. The number of aromatic hydroxyl groups is 2. The van der Waals surface area contributed by atoms with Crippen LogP contribution < -0.4 is 21.7 Å². The van der Waals surface area contributed by atoms with Gasteiger partial charge in [0, 0.05) is 12.2 Å². The van der Waals surface area contributed by atoms with Crippen LogP contribution in [0.2, 0.25) is 0 Å². The molecule has 0 fully saturated rings. The molecule has 2 aromatic carbocycles. The van der Waals surface area contributed by atoms with Crippen molar-refractivity contribution in [1.29, 1.82) is 0 Å². The summed E-state index contributed by atoms with van der Waals surface area (Å²) < 4.78 is 0. The van der Waals surface area contributed by atoms with E-state index in [4.69, 9.17) is 0 Å². The van der Waals surface area contributed by atoms with Crippen molar-refractivity contribution < 1.29 is 29.4 Å². The number of unbranched alkanes of at least 4 members (excludes halogenated alkanes) is 10. The number of rotatable bonds is 18. The highest BCUT2D eigenvalue weighted by atomic mass is 16.3. The molecule has 0 unspecified atom stereocenters. The lowest BCUT2D eigenvalue weighted by atomic mass is 10.0. The molecule has 6 N–H and O–H groups in total. The van der Waals surface area contributed by atoms with Crippen LogP contribution in [0.25, 0.3) is 0 Å². The number of hydrazine groups is 2. The number of amides is 4. The van der Waals surface area contributed by atoms with Gasteiger partial charge < -0.3 is 10.2 Å². The summed E-state index contributed by atoms with van der Waals surface area (Å²) in [6.45, 7) is 4.35. The molecule has 10 heteroatoms. The van der Waals surface area contributed by atoms with Crippen LogP contribution in [0.1, 0.15) is 123 Å². The monoisotopic (exact) mass is 608 g/mol. The third kappa shape index (κ3) is 13.8. The molecule has 0 aliphatic rings. The Balaban J connectivity index is 1.77. The van der Waals surface area contributed by atoms with Crippen LogP contribution in [0.4, 0.5) is 0 Å². The number of hydrogen-bond acceptors (Lipinski definition) is 6. The average molecular weight is 609 g/mol. The van der Waals surface area contributed by atoms with Crippen LogP contribution in [0.15, 0.2) is 48.6 Å². The van der Waals surface area contributed by atoms with Gasteiger partial charge in [-0.25, -0.2) is 0 Å². The van der Waals surface area contributed by atoms with Crippen molar-refractivity contribution in [1.82, 2.24) is 21.7 Å². The number of nitrogens with one attached hydrogen (secondary N) is 4. The Hall–Kier alpha value is -4.34. The Morgan fingerprint density at radius 2 is 0.909 bits per heavy atom. The fraction of sp³-hybridized carbons (Fsp3) is 0.471. The Morgan fingerprint density at radius 3 is 1.30 bits per heavy atom. The van der Waals surface area contributed by atoms with Crippen LogP contribution in [-0.4, -0.2) is 33.8 Å². The quantitative estimate of drug-likeness (QED) is 0.0726. The Kier molecular flexibility index (Phi) is 16.7. The third-order valence-corrected chi connectivity index (χ3v) is 7.23. The molecule has 0 bridgehead atoms. The maximum absolute atomic E-state index is 12.5. The molecule has 10 nitrogen and oxygen atoms in total. The summed E-state index contributed by atoms with van der Waals surface area (Å²) in [5.41, 5.74) is 10.6. The minimum absolute atomic E-state index is 0.0255. The Labute approximate surface area is 260 Å². The van der Waals surface area contributed by atoms with Crippen molar-refractivity contribution in [2.24, 2.45) is 0 Å². The van der Waals surface area contributed by atoms with Gasteiger partial charge in [-0.1, -0.05) is 90.2 Å². The van der Waals surface area contributed by atoms with Gasteiger partial charge in [0.15, 0.2) is 0 Å². The summed E-state index contributed by atoms with van der Waals surface area (Å²) >= 11 is 0. The second-order valence-corrected chi connectivity index (χ2v) is 11.0. The summed E-state index contributed by atoms with van der Waals surface area (Å²) in [4.78, 5) is 49.3. The van der Waals surface area contributed by atoms with E-state index >= 15 is 0 Å². The predicted molar refractivity (Wildman–Crippen MR) is 171 cm³/mol. The van der Waals surface area contributed by atoms with Crippen molar-refractivity contribution in [3.05, 3.63) is 70.8 Å². The molecule has 4 amide bonds. The van der Waals surface area contributed by atoms with Gasteiger partial charge in [0.25, 0.3) is 23.6 Å². The number of carbonyl (C=O) groups is 4. The molecule has 0 aromatic heterocycles. The molecule has 0 aliphatic heterocycles. The lowest BCUT2D eigenvalue weighted by Gasteiger charge is -2.10. The summed E-state index contributed by atoms with van der Waals surface area (Å²) in [6, 6.07) is 9.63. The molecule has 0 heterocycles. The first-order chi connectivity index (χ1) is 21.2. The fourth-order valence-corrected chi connectivity index (χ4v) is 4.67. The van der Waals surface area contributed by atoms with E-state index in [9.17, 15) is 29.4 Å². The molecular formula is C34H48N4O6. The molecule has 0 saturated carbocycles. The van der Waals surface area contributed by atoms with Crippen molar-refractivity contribution in [2.45, 2.75) is 104 Å². The molecule has 0 spiro atoms. The van der Waals surface area contributed by atoms with E-state index in [1.54, 1.807) is 24.3 Å². The smallest absolute Gasteiger partial charge is 0.273 e. The molecule has 2 rings (SSSR count). The predicted octanol–water partition coefficient (Wildman–Crippen LogP) is 5.68. The zero-order chi connectivity index (χ0) is 32.2. The van der Waals surface area contributed by atoms with E-state index in [1.165, 1.54) is 63.5 Å². The van der Waals surface area contributed by atoms with Crippen molar-refractivity contribution in [3.63, 3.8) is 0 Å². The topological polar surface area (TPSA) is 157 Å². The number of hydrogen-bond donors (Lipinski definition) is 6. The highest BCUT2D eigenvalue weighted by Gasteiger charge is 2.14. The van der Waals surface area contributed by atoms with Gasteiger partial charge in [-0.3, -0.25) is 40.9 Å². The van der Waals surface area contributed by atoms with Crippen LogP contribution in [-0.2, 0) is 22.4 Å². The van der Waals surface area contributed by atoms with E-state index in [0.717, 1.165) is 61.8 Å². The SMILES string of the molecule is CCCCCCCCc1ccc(O)c(C(=O)NNC(=O)/C=C\C(=O)NNC(=O)c2cc(CCCCCCCC)ccc2O)c1. The van der Waals surface area contributed by atoms with E-state index in [1.807, 2.05) is 0 Å². The summed E-state index contributed by atoms with van der Waals surface area (Å²) in [5, 5.41) is 20.2. The third-order valence-electron chi connectivity index (χ3n) is 7.23. The minimum atomic E-state index is -0.803. The average Bonchev–Trinajstić information content (AvgIpc) is 3.02. The number of aryl methyl sites for hydroxylation is 2. The van der Waals surface area contributed by atoms with E-state index in [2.05, 4.69) is 35.6 Å². The molecule has 44 heavy (non-hydrogen) atoms. The first-order valence-corrected chi connectivity index (χ1v) is 15.8. The Morgan fingerprint density at radius 1 is 0.545 bits per heavy atom. The summed E-state index contributed by atoms with van der Waals surface area (Å²) in [5.74, 6) is -3.44. The van der Waals surface area contributed by atoms with Crippen molar-refractivity contribution >= 4 is 23.6 Å². The van der Waals surface area contributed by atoms with Crippen molar-refractivity contribution in [2.75, 3.05) is 0 Å². The fourth-order valence-electron chi connectivity index (χ4n) is 4.67. The maximum atomic E-state index is 12.5. The standard InChI is InChI=1S/C34H48N4O6/c1-3-5-7-9-11-13-15-25-17-19-29(39)27(23-25)33(43)37-35-31(41)21-22-32(42)36-38-34(44)28-24-26(18-20-30(28)40)16-14-12-10-8-6-4-2/h17-24,39-40H,3-16H2,1-2H3,(H,35,41)(H,36,42)(H,37,43)(H,38,44)/b22-21-. The zero-order valence-electron chi connectivity index (χ0n) is 26.0. The van der Waals surface area contributed by atoms with E-state index in [-0.39, 0.29) is 22.6 Å². The van der Waals surface area contributed by atoms with E-state index < -0.39 is 23.6 Å². The molecule has 2 aromatic rings. The summed E-state index contributed by atoms with van der Waals surface area (Å²) in [7, 11) is 0. The number of phenolic OH excluding ortho intramolecular Hbond substituents is 2. The van der Waals surface area contributed by atoms with Crippen LogP contribution >= 0.6 is 0 Å². The highest BCUT2D eigenvalue weighted by Crippen LogP contribution is 2.21. The van der Waals surface area contributed by atoms with Gasteiger partial charge in [0.1, 0.15) is 11.5 Å². The van der Waals surface area contributed by atoms with Crippen molar-refractivity contribution in [3.8, 4) is 11.5 Å². The lowest BCUT2D eigenvalue weighted by Crippen LogP contribution is -2.42. The van der Waals surface area contributed by atoms with Gasteiger partial charge in [-0.15, -0.1) is 0 Å². The molecule has 0 atom stereocenters. The number of benzene rings is 2. The zero-order valence-corrected chi connectivity index (χ0v) is 26.0. The second-order valence-electron chi connectivity index (χ2n) is 11.0. The number of phenols is 2. The molecule has 240 valence electrons. The maximum Gasteiger partial charge on any atom is 0.273 e. The van der Waals surface area contributed by atoms with Gasteiger partial charge in [0.05, 0.1) is 11.1 Å². The van der Waals surface area contributed by atoms with Gasteiger partial charge in [-0.2, -0.15) is 0 Å². The highest BCUT2D eigenvalue weighted by molar-refractivity contribution is 6.02. The minimum Gasteiger partial charge on any atom is -0.507 e. The van der Waals surface area contributed by atoms with Crippen LogP contribution in [0.5, 0.6) is 11.5 Å². The number of carbonyl (C=O) groups excluding carboxylic acids is 4. The summed E-state index contributed by atoms with van der Waals surface area (Å²) in [6.07, 6.45) is 17.0. The molecule has 0 radical (unpaired) electrons. The largest absolute Gasteiger partial charge is 0.507 e. The first kappa shape index (κ1) is 35.9. The van der Waals surface area contributed by atoms with Gasteiger partial charge in [-0.05, 0) is 61.1 Å². The normalized spacial score (nSPS) is 10.9.